The highest BCUT2D eigenvalue weighted by atomic mass is 35.5. The summed E-state index contributed by atoms with van der Waals surface area (Å²) in [5.41, 5.74) is 2.41. The van der Waals surface area contributed by atoms with Crippen molar-refractivity contribution in [3.8, 4) is 11.5 Å². The van der Waals surface area contributed by atoms with Crippen molar-refractivity contribution in [2.45, 2.75) is 56.9 Å². The van der Waals surface area contributed by atoms with Crippen LogP contribution in [0.1, 0.15) is 56.1 Å². The Labute approximate surface area is 198 Å². The molecule has 2 fully saturated rings. The van der Waals surface area contributed by atoms with E-state index in [1.807, 2.05) is 12.1 Å². The maximum atomic E-state index is 9.97. The SMILES string of the molecule is CN(Cc1cccc(O)c1Cl)CC1(c2ccccc2OCCN2CCCCC2)CCCC1. The van der Waals surface area contributed by atoms with Gasteiger partial charge in [-0.25, -0.2) is 0 Å². The average molecular weight is 457 g/mol. The zero-order valence-corrected chi connectivity index (χ0v) is 20.1. The number of para-hydroxylation sites is 1. The number of ether oxygens (including phenoxy) is 1. The summed E-state index contributed by atoms with van der Waals surface area (Å²) in [5, 5.41) is 10.4. The quantitative estimate of drug-likeness (QED) is 0.513. The van der Waals surface area contributed by atoms with E-state index >= 15 is 0 Å². The number of hydrogen-bond donors (Lipinski definition) is 1. The van der Waals surface area contributed by atoms with Crippen LogP contribution in [0.4, 0.5) is 0 Å². The molecule has 0 aromatic heterocycles. The zero-order chi connectivity index (χ0) is 22.4. The van der Waals surface area contributed by atoms with Gasteiger partial charge in [-0.15, -0.1) is 0 Å². The molecule has 0 atom stereocenters. The lowest BCUT2D eigenvalue weighted by molar-refractivity contribution is 0.179. The van der Waals surface area contributed by atoms with Gasteiger partial charge in [-0.05, 0) is 63.5 Å². The molecule has 5 heteroatoms. The third-order valence-corrected chi connectivity index (χ3v) is 7.64. The zero-order valence-electron chi connectivity index (χ0n) is 19.4. The van der Waals surface area contributed by atoms with Crippen LogP contribution >= 0.6 is 11.6 Å². The standard InChI is InChI=1S/C27H37ClN2O2/c1-29(20-22-10-9-12-24(31)26(22)28)21-27(14-5-6-15-27)23-11-3-4-13-25(23)32-19-18-30-16-7-2-8-17-30/h3-4,9-13,31H,2,5-8,14-21H2,1H3. The van der Waals surface area contributed by atoms with Crippen molar-refractivity contribution in [3.63, 3.8) is 0 Å². The number of likely N-dealkylation sites (tertiary alicyclic amines) is 1. The van der Waals surface area contributed by atoms with Crippen molar-refractivity contribution in [1.29, 1.82) is 0 Å². The lowest BCUT2D eigenvalue weighted by Crippen LogP contribution is -2.37. The Hall–Kier alpha value is -1.75. The fourth-order valence-corrected chi connectivity index (χ4v) is 5.80. The van der Waals surface area contributed by atoms with E-state index in [9.17, 15) is 5.11 Å². The second-order valence-electron chi connectivity index (χ2n) is 9.66. The van der Waals surface area contributed by atoms with Crippen LogP contribution in [-0.4, -0.2) is 54.7 Å². The minimum atomic E-state index is 0.0970. The first-order valence-corrected chi connectivity index (χ1v) is 12.5. The summed E-state index contributed by atoms with van der Waals surface area (Å²) >= 11 is 6.35. The van der Waals surface area contributed by atoms with E-state index in [4.69, 9.17) is 16.3 Å². The number of halogens is 1. The number of phenols is 1. The van der Waals surface area contributed by atoms with Crippen LogP contribution in [0.15, 0.2) is 42.5 Å². The van der Waals surface area contributed by atoms with E-state index in [0.29, 0.717) is 11.6 Å². The first-order chi connectivity index (χ1) is 15.6. The van der Waals surface area contributed by atoms with Gasteiger partial charge >= 0.3 is 0 Å². The molecule has 32 heavy (non-hydrogen) atoms. The van der Waals surface area contributed by atoms with E-state index in [2.05, 4.69) is 41.1 Å². The van der Waals surface area contributed by atoms with Crippen LogP contribution in [0.25, 0.3) is 0 Å². The first-order valence-electron chi connectivity index (χ1n) is 12.2. The molecule has 1 saturated heterocycles. The molecule has 0 bridgehead atoms. The number of piperidine rings is 1. The Kier molecular flexibility index (Phi) is 7.98. The van der Waals surface area contributed by atoms with Crippen molar-refractivity contribution in [2.75, 3.05) is 39.8 Å². The van der Waals surface area contributed by atoms with E-state index < -0.39 is 0 Å². The number of benzene rings is 2. The molecule has 4 nitrogen and oxygen atoms in total. The molecule has 0 radical (unpaired) electrons. The van der Waals surface area contributed by atoms with Gasteiger partial charge in [0.15, 0.2) is 0 Å². The predicted octanol–water partition coefficient (Wildman–Crippen LogP) is 5.85. The Bertz CT molecular complexity index is 876. The molecule has 0 spiro atoms. The number of nitrogens with zero attached hydrogens (tertiary/aromatic N) is 2. The molecule has 174 valence electrons. The number of aromatic hydroxyl groups is 1. The third kappa shape index (κ3) is 5.59. The Balaban J connectivity index is 1.46. The highest BCUT2D eigenvalue weighted by molar-refractivity contribution is 6.32. The van der Waals surface area contributed by atoms with E-state index in [1.165, 1.54) is 63.6 Å². The van der Waals surface area contributed by atoms with Gasteiger partial charge in [0.25, 0.3) is 0 Å². The maximum absolute atomic E-state index is 9.97. The fraction of sp³-hybridized carbons (Fsp3) is 0.556. The van der Waals surface area contributed by atoms with E-state index in [1.54, 1.807) is 6.07 Å². The van der Waals surface area contributed by atoms with Gasteiger partial charge in [0, 0.05) is 30.6 Å². The number of likely N-dealkylation sites (N-methyl/N-ethyl adjacent to an activating group) is 1. The van der Waals surface area contributed by atoms with Crippen LogP contribution in [0.3, 0.4) is 0 Å². The monoisotopic (exact) mass is 456 g/mol. The molecule has 1 heterocycles. The van der Waals surface area contributed by atoms with Crippen molar-refractivity contribution in [1.82, 2.24) is 9.80 Å². The van der Waals surface area contributed by atoms with E-state index in [0.717, 1.165) is 31.0 Å². The molecule has 0 unspecified atom stereocenters. The van der Waals surface area contributed by atoms with Crippen molar-refractivity contribution >= 4 is 11.6 Å². The van der Waals surface area contributed by atoms with Crippen molar-refractivity contribution in [2.24, 2.45) is 0 Å². The van der Waals surface area contributed by atoms with Gasteiger partial charge in [0.1, 0.15) is 18.1 Å². The Morgan fingerprint density at radius 1 is 1.00 bits per heavy atom. The third-order valence-electron chi connectivity index (χ3n) is 7.20. The number of hydrogen-bond acceptors (Lipinski definition) is 4. The lowest BCUT2D eigenvalue weighted by atomic mass is 9.77. The largest absolute Gasteiger partial charge is 0.506 e. The first kappa shape index (κ1) is 23.4. The molecular formula is C27H37ClN2O2. The highest BCUT2D eigenvalue weighted by Gasteiger charge is 2.38. The van der Waals surface area contributed by atoms with Crippen LogP contribution in [0.2, 0.25) is 5.02 Å². The van der Waals surface area contributed by atoms with E-state index in [-0.39, 0.29) is 11.2 Å². The van der Waals surface area contributed by atoms with Gasteiger partial charge < -0.3 is 14.7 Å². The van der Waals surface area contributed by atoms with Gasteiger partial charge in [0.2, 0.25) is 0 Å². The molecule has 4 rings (SSSR count). The fourth-order valence-electron chi connectivity index (χ4n) is 5.61. The Morgan fingerprint density at radius 3 is 2.53 bits per heavy atom. The summed E-state index contributed by atoms with van der Waals surface area (Å²) < 4.78 is 6.40. The predicted molar refractivity (Wildman–Crippen MR) is 132 cm³/mol. The van der Waals surface area contributed by atoms with Crippen LogP contribution in [-0.2, 0) is 12.0 Å². The summed E-state index contributed by atoms with van der Waals surface area (Å²) in [6.07, 6.45) is 8.86. The minimum absolute atomic E-state index is 0.0970. The van der Waals surface area contributed by atoms with Crippen LogP contribution < -0.4 is 4.74 Å². The second kappa shape index (κ2) is 10.9. The molecule has 2 aromatic carbocycles. The second-order valence-corrected chi connectivity index (χ2v) is 10.0. The molecule has 1 aliphatic carbocycles. The summed E-state index contributed by atoms with van der Waals surface area (Å²) in [6, 6.07) is 14.2. The maximum Gasteiger partial charge on any atom is 0.134 e. The van der Waals surface area contributed by atoms with Crippen molar-refractivity contribution < 1.29 is 9.84 Å². The van der Waals surface area contributed by atoms with Crippen LogP contribution in [0, 0.1) is 0 Å². The summed E-state index contributed by atoms with van der Waals surface area (Å²) in [6.45, 7) is 5.84. The molecule has 2 aromatic rings. The highest BCUT2D eigenvalue weighted by Crippen LogP contribution is 2.45. The normalized spacial score (nSPS) is 18.8. The van der Waals surface area contributed by atoms with Crippen LogP contribution in [0.5, 0.6) is 11.5 Å². The number of phenolic OH excluding ortho intramolecular Hbond substituents is 1. The summed E-state index contributed by atoms with van der Waals surface area (Å²) in [5.74, 6) is 1.20. The molecule has 2 aliphatic rings. The summed E-state index contributed by atoms with van der Waals surface area (Å²) in [4.78, 5) is 4.88. The lowest BCUT2D eigenvalue weighted by Gasteiger charge is -2.35. The Morgan fingerprint density at radius 2 is 1.75 bits per heavy atom. The number of rotatable bonds is 9. The molecule has 1 saturated carbocycles. The van der Waals surface area contributed by atoms with Gasteiger partial charge in [-0.2, -0.15) is 0 Å². The van der Waals surface area contributed by atoms with Crippen molar-refractivity contribution in [3.05, 3.63) is 58.6 Å². The molecule has 0 amide bonds. The van der Waals surface area contributed by atoms with Gasteiger partial charge in [-0.3, -0.25) is 4.90 Å². The smallest absolute Gasteiger partial charge is 0.134 e. The summed E-state index contributed by atoms with van der Waals surface area (Å²) in [7, 11) is 2.15. The van der Waals surface area contributed by atoms with Gasteiger partial charge in [-0.1, -0.05) is 61.2 Å². The van der Waals surface area contributed by atoms with Gasteiger partial charge in [0.05, 0.1) is 5.02 Å². The average Bonchev–Trinajstić information content (AvgIpc) is 3.27. The molecule has 1 N–H and O–H groups in total. The molecule has 1 aliphatic heterocycles. The minimum Gasteiger partial charge on any atom is -0.506 e. The molecular weight excluding hydrogens is 420 g/mol. The topological polar surface area (TPSA) is 35.9 Å².